The fourth-order valence-electron chi connectivity index (χ4n) is 0.665. The summed E-state index contributed by atoms with van der Waals surface area (Å²) < 4.78 is 0. The average Bonchev–Trinajstić information content (AvgIpc) is 1.96. The van der Waals surface area contributed by atoms with Crippen LogP contribution in [0.3, 0.4) is 0 Å². The number of rotatable bonds is 2. The minimum absolute atomic E-state index is 0.0959. The van der Waals surface area contributed by atoms with Crippen molar-refractivity contribution in [2.24, 2.45) is 5.84 Å². The van der Waals surface area contributed by atoms with Gasteiger partial charge >= 0.3 is 0 Å². The summed E-state index contributed by atoms with van der Waals surface area (Å²) in [4.78, 5) is 0. The van der Waals surface area contributed by atoms with Crippen molar-refractivity contribution in [3.63, 3.8) is 0 Å². The number of nitrogens with one attached hydrogen (secondary N) is 1. The number of nitriles is 1. The minimum Gasteiger partial charge on any atom is -0.357 e. The lowest BCUT2D eigenvalue weighted by Gasteiger charge is -2.27. The van der Waals surface area contributed by atoms with Crippen molar-refractivity contribution in [3.05, 3.63) is 0 Å². The summed E-state index contributed by atoms with van der Waals surface area (Å²) in [7, 11) is 0. The Balaban J connectivity index is 3.91. The minimum atomic E-state index is -0.0959. The fraction of sp³-hybridized carbons (Fsp3) is 0.750. The number of nitrogens with two attached hydrogens (primary N) is 1. The third-order valence-corrected chi connectivity index (χ3v) is 1.54. The van der Waals surface area contributed by atoms with Crippen LogP contribution < -0.4 is 11.2 Å². The SMILES string of the molecule is CC(C)(C)NC(=S)N(N)CCC#N. The molecule has 0 bridgehead atoms. The molecule has 13 heavy (non-hydrogen) atoms. The summed E-state index contributed by atoms with van der Waals surface area (Å²) in [6, 6.07) is 2.01. The molecular weight excluding hydrogens is 184 g/mol. The van der Waals surface area contributed by atoms with E-state index in [9.17, 15) is 0 Å². The van der Waals surface area contributed by atoms with Crippen LogP contribution in [0.5, 0.6) is 0 Å². The van der Waals surface area contributed by atoms with Gasteiger partial charge in [-0.05, 0) is 33.0 Å². The highest BCUT2D eigenvalue weighted by atomic mass is 32.1. The molecule has 0 atom stereocenters. The molecule has 74 valence electrons. The van der Waals surface area contributed by atoms with Crippen LogP contribution in [0.25, 0.3) is 0 Å². The summed E-state index contributed by atoms with van der Waals surface area (Å²) >= 11 is 5.02. The van der Waals surface area contributed by atoms with Crippen molar-refractivity contribution >= 4 is 17.3 Å². The van der Waals surface area contributed by atoms with Crippen molar-refractivity contribution in [1.82, 2.24) is 10.3 Å². The van der Waals surface area contributed by atoms with Crippen LogP contribution in [0, 0.1) is 11.3 Å². The van der Waals surface area contributed by atoms with Gasteiger partial charge < -0.3 is 5.32 Å². The third-order valence-electron chi connectivity index (χ3n) is 1.21. The zero-order valence-electron chi connectivity index (χ0n) is 8.29. The van der Waals surface area contributed by atoms with E-state index in [1.165, 1.54) is 5.01 Å². The molecular formula is C8H16N4S. The van der Waals surface area contributed by atoms with Gasteiger partial charge in [-0.1, -0.05) is 0 Å². The van der Waals surface area contributed by atoms with E-state index in [1.54, 1.807) is 0 Å². The lowest BCUT2D eigenvalue weighted by molar-refractivity contribution is 0.407. The maximum absolute atomic E-state index is 8.33. The fourth-order valence-corrected chi connectivity index (χ4v) is 1.06. The van der Waals surface area contributed by atoms with Crippen LogP contribution in [-0.2, 0) is 0 Å². The van der Waals surface area contributed by atoms with Crippen molar-refractivity contribution in [1.29, 1.82) is 5.26 Å². The summed E-state index contributed by atoms with van der Waals surface area (Å²) in [5.74, 6) is 5.59. The third kappa shape index (κ3) is 6.31. The molecule has 0 aromatic rings. The molecule has 0 saturated heterocycles. The van der Waals surface area contributed by atoms with E-state index in [-0.39, 0.29) is 5.54 Å². The molecule has 0 aromatic heterocycles. The molecule has 0 unspecified atom stereocenters. The van der Waals surface area contributed by atoms with Crippen molar-refractivity contribution in [2.75, 3.05) is 6.54 Å². The molecule has 0 spiro atoms. The van der Waals surface area contributed by atoms with E-state index in [2.05, 4.69) is 5.32 Å². The van der Waals surface area contributed by atoms with Crippen molar-refractivity contribution in [2.45, 2.75) is 32.7 Å². The first-order valence-electron chi connectivity index (χ1n) is 4.08. The van der Waals surface area contributed by atoms with E-state index in [1.807, 2.05) is 26.8 Å². The largest absolute Gasteiger partial charge is 0.357 e. The highest BCUT2D eigenvalue weighted by molar-refractivity contribution is 7.80. The summed E-state index contributed by atoms with van der Waals surface area (Å²) in [6.45, 7) is 6.45. The summed E-state index contributed by atoms with van der Waals surface area (Å²) in [6.07, 6.45) is 0.377. The zero-order valence-corrected chi connectivity index (χ0v) is 9.11. The molecule has 0 radical (unpaired) electrons. The van der Waals surface area contributed by atoms with Gasteiger partial charge in [-0.2, -0.15) is 5.26 Å². The second-order valence-corrected chi connectivity index (χ2v) is 4.17. The van der Waals surface area contributed by atoms with Crippen molar-refractivity contribution < 1.29 is 0 Å². The zero-order chi connectivity index (χ0) is 10.5. The second-order valence-electron chi connectivity index (χ2n) is 3.78. The topological polar surface area (TPSA) is 65.1 Å². The van der Waals surface area contributed by atoms with Gasteiger partial charge in [0.1, 0.15) is 0 Å². The molecule has 0 amide bonds. The van der Waals surface area contributed by atoms with Crippen molar-refractivity contribution in [3.8, 4) is 6.07 Å². The maximum Gasteiger partial charge on any atom is 0.183 e. The first-order chi connectivity index (χ1) is 5.87. The van der Waals surface area contributed by atoms with Gasteiger partial charge in [-0.3, -0.25) is 5.01 Å². The number of hydrazine groups is 1. The molecule has 0 aliphatic rings. The maximum atomic E-state index is 8.33. The Bertz CT molecular complexity index is 213. The lowest BCUT2D eigenvalue weighted by atomic mass is 10.1. The molecule has 3 N–H and O–H groups in total. The summed E-state index contributed by atoms with van der Waals surface area (Å²) in [5.41, 5.74) is -0.0959. The Morgan fingerprint density at radius 3 is 2.54 bits per heavy atom. The molecule has 0 aliphatic carbocycles. The number of thiocarbonyl (C=S) groups is 1. The van der Waals surface area contributed by atoms with Crippen LogP contribution in [0.15, 0.2) is 0 Å². The molecule has 0 fully saturated rings. The average molecular weight is 200 g/mol. The number of hydrogen-bond donors (Lipinski definition) is 2. The van der Waals surface area contributed by atoms with E-state index >= 15 is 0 Å². The smallest absolute Gasteiger partial charge is 0.183 e. The predicted octanol–water partition coefficient (Wildman–Crippen LogP) is 0.749. The normalized spacial score (nSPS) is 10.4. The van der Waals surface area contributed by atoms with Gasteiger partial charge in [0.15, 0.2) is 5.11 Å². The first-order valence-corrected chi connectivity index (χ1v) is 4.49. The molecule has 0 heterocycles. The Labute approximate surface area is 84.7 Å². The van der Waals surface area contributed by atoms with Gasteiger partial charge in [0.25, 0.3) is 0 Å². The van der Waals surface area contributed by atoms with Crippen LogP contribution in [0.2, 0.25) is 0 Å². The van der Waals surface area contributed by atoms with Gasteiger partial charge in [0.05, 0.1) is 12.5 Å². The van der Waals surface area contributed by atoms with Gasteiger partial charge in [0.2, 0.25) is 0 Å². The predicted molar refractivity (Wildman–Crippen MR) is 56.6 cm³/mol. The first kappa shape index (κ1) is 12.1. The Kier molecular flexibility index (Phi) is 4.67. The number of nitrogens with zero attached hydrogens (tertiary/aromatic N) is 2. The van der Waals surface area contributed by atoms with Crippen LogP contribution in [0.1, 0.15) is 27.2 Å². The Morgan fingerprint density at radius 1 is 1.62 bits per heavy atom. The van der Waals surface area contributed by atoms with Gasteiger partial charge in [0, 0.05) is 12.1 Å². The quantitative estimate of drug-likeness (QED) is 0.391. The Hall–Kier alpha value is -0.860. The summed E-state index contributed by atoms with van der Waals surface area (Å²) in [5, 5.41) is 13.2. The van der Waals surface area contributed by atoms with Crippen LogP contribution in [-0.4, -0.2) is 22.2 Å². The Morgan fingerprint density at radius 2 is 2.15 bits per heavy atom. The van der Waals surface area contributed by atoms with E-state index in [0.717, 1.165) is 0 Å². The van der Waals surface area contributed by atoms with E-state index < -0.39 is 0 Å². The van der Waals surface area contributed by atoms with Crippen LogP contribution in [0.4, 0.5) is 0 Å². The molecule has 0 aromatic carbocycles. The van der Waals surface area contributed by atoms with Gasteiger partial charge in [-0.25, -0.2) is 5.84 Å². The standard InChI is InChI=1S/C8H16N4S/c1-8(2,3)11-7(13)12(10)6-4-5-9/h4,6,10H2,1-3H3,(H,11,13). The van der Waals surface area contributed by atoms with E-state index in [4.69, 9.17) is 23.3 Å². The molecule has 0 saturated carbocycles. The molecule has 5 heteroatoms. The second kappa shape index (κ2) is 5.00. The molecule has 4 nitrogen and oxygen atoms in total. The molecule has 0 aliphatic heterocycles. The van der Waals surface area contributed by atoms with E-state index in [0.29, 0.717) is 18.1 Å². The highest BCUT2D eigenvalue weighted by Gasteiger charge is 2.13. The molecule has 0 rings (SSSR count). The monoisotopic (exact) mass is 200 g/mol. The number of hydrogen-bond acceptors (Lipinski definition) is 3. The van der Waals surface area contributed by atoms with Crippen LogP contribution >= 0.6 is 12.2 Å². The van der Waals surface area contributed by atoms with Gasteiger partial charge in [-0.15, -0.1) is 0 Å². The lowest BCUT2D eigenvalue weighted by Crippen LogP contribution is -2.51. The highest BCUT2D eigenvalue weighted by Crippen LogP contribution is 1.99.